The van der Waals surface area contributed by atoms with Gasteiger partial charge in [0, 0.05) is 24.6 Å². The fraction of sp³-hybridized carbons (Fsp3) is 0.333. The second-order valence-corrected chi connectivity index (χ2v) is 18.3. The van der Waals surface area contributed by atoms with Crippen molar-refractivity contribution in [2.45, 2.75) is 79.1 Å². The SMILES string of the molecule is C.C.O=C(CCOC(=O)c1ccccc1C(=O)Nc1ccc(-c2ccccc2)cc1)OCCCCCOCCO.O=C(O)CCC(=O)OCCOCCCCCOC(=O)CCOC(=O)c1ccccc1C(=O)Nc1ccc(-c2ccccc2)cc1. The monoisotopic (exact) mass is 1170 g/mol. The molecule has 4 N–H and O–H groups in total. The van der Waals surface area contributed by atoms with Gasteiger partial charge in [-0.05, 0) is 109 Å². The zero-order chi connectivity index (χ0) is 59.3. The Labute approximate surface area is 496 Å². The Morgan fingerprint density at radius 1 is 0.329 bits per heavy atom. The molecule has 0 saturated carbocycles. The first-order valence-electron chi connectivity index (χ1n) is 27.3. The highest BCUT2D eigenvalue weighted by Crippen LogP contribution is 2.24. The molecule has 0 atom stereocenters. The summed E-state index contributed by atoms with van der Waals surface area (Å²) in [6, 6.07) is 47.2. The van der Waals surface area contributed by atoms with Crippen LogP contribution in [0.4, 0.5) is 11.4 Å². The van der Waals surface area contributed by atoms with Crippen LogP contribution in [-0.2, 0) is 52.3 Å². The van der Waals surface area contributed by atoms with Crippen molar-refractivity contribution in [1.29, 1.82) is 0 Å². The van der Waals surface area contributed by atoms with Crippen LogP contribution < -0.4 is 10.6 Å². The Hall–Kier alpha value is -9.04. The lowest BCUT2D eigenvalue weighted by Gasteiger charge is -2.11. The lowest BCUT2D eigenvalue weighted by atomic mass is 10.0. The van der Waals surface area contributed by atoms with Crippen molar-refractivity contribution in [3.8, 4) is 22.3 Å². The van der Waals surface area contributed by atoms with Gasteiger partial charge in [0.25, 0.3) is 11.8 Å². The van der Waals surface area contributed by atoms with E-state index in [1.165, 1.54) is 18.2 Å². The molecular formula is C66H78N2O17. The molecule has 0 aliphatic rings. The molecule has 0 bridgehead atoms. The molecule has 85 heavy (non-hydrogen) atoms. The summed E-state index contributed by atoms with van der Waals surface area (Å²) in [7, 11) is 0. The fourth-order valence-electron chi connectivity index (χ4n) is 7.72. The molecule has 19 nitrogen and oxygen atoms in total. The van der Waals surface area contributed by atoms with E-state index in [0.29, 0.717) is 50.5 Å². The van der Waals surface area contributed by atoms with Crippen LogP contribution in [0.5, 0.6) is 0 Å². The minimum absolute atomic E-state index is 0. The number of benzene rings is 6. The largest absolute Gasteiger partial charge is 0.481 e. The van der Waals surface area contributed by atoms with Crippen LogP contribution in [0.3, 0.4) is 0 Å². The zero-order valence-corrected chi connectivity index (χ0v) is 46.2. The summed E-state index contributed by atoms with van der Waals surface area (Å²) >= 11 is 0. The first-order chi connectivity index (χ1) is 40.4. The maximum atomic E-state index is 13.0. The van der Waals surface area contributed by atoms with Crippen LogP contribution in [0.1, 0.15) is 120 Å². The second-order valence-electron chi connectivity index (χ2n) is 18.3. The van der Waals surface area contributed by atoms with E-state index in [9.17, 15) is 38.4 Å². The van der Waals surface area contributed by atoms with Gasteiger partial charge in [-0.3, -0.25) is 28.8 Å². The number of anilines is 2. The van der Waals surface area contributed by atoms with E-state index in [1.807, 2.05) is 84.9 Å². The minimum Gasteiger partial charge on any atom is -0.481 e. The minimum atomic E-state index is -1.06. The van der Waals surface area contributed by atoms with Gasteiger partial charge in [0.1, 0.15) is 19.8 Å². The molecular weight excluding hydrogens is 1090 g/mol. The average Bonchev–Trinajstić information content (AvgIpc) is 3.66. The number of aliphatic carboxylic acids is 1. The number of carbonyl (C=O) groups is 8. The molecule has 6 rings (SSSR count). The number of rotatable bonds is 34. The number of amides is 2. The Morgan fingerprint density at radius 2 is 0.682 bits per heavy atom. The smallest absolute Gasteiger partial charge is 0.338 e. The average molecular weight is 1170 g/mol. The number of carboxylic acids is 1. The number of ether oxygens (including phenoxy) is 7. The second kappa shape index (κ2) is 41.0. The fourth-order valence-corrected chi connectivity index (χ4v) is 7.72. The highest BCUT2D eigenvalue weighted by Gasteiger charge is 2.21. The van der Waals surface area contributed by atoms with E-state index >= 15 is 0 Å². The number of hydrogen-bond donors (Lipinski definition) is 4. The van der Waals surface area contributed by atoms with Crippen LogP contribution in [0.15, 0.2) is 158 Å². The molecule has 0 aliphatic carbocycles. The summed E-state index contributed by atoms with van der Waals surface area (Å²) in [5.74, 6) is -4.91. The number of hydrogen-bond acceptors (Lipinski definition) is 16. The molecule has 454 valence electrons. The quantitative estimate of drug-likeness (QED) is 0.0166. The number of carboxylic acid groups (broad SMARTS) is 1. The van der Waals surface area contributed by atoms with Gasteiger partial charge in [0.05, 0.1) is 81.0 Å². The molecule has 0 heterocycles. The van der Waals surface area contributed by atoms with Gasteiger partial charge in [0.15, 0.2) is 0 Å². The van der Waals surface area contributed by atoms with Crippen molar-refractivity contribution in [2.75, 3.05) is 76.7 Å². The maximum Gasteiger partial charge on any atom is 0.338 e. The molecule has 0 aliphatic heterocycles. The molecule has 2 amide bonds. The zero-order valence-electron chi connectivity index (χ0n) is 46.2. The number of carbonyl (C=O) groups excluding carboxylic acids is 7. The first kappa shape index (κ1) is 70.2. The molecule has 0 saturated heterocycles. The van der Waals surface area contributed by atoms with E-state index in [4.69, 9.17) is 43.4 Å². The lowest BCUT2D eigenvalue weighted by molar-refractivity contribution is -0.148. The third kappa shape index (κ3) is 27.3. The normalized spacial score (nSPS) is 10.3. The standard InChI is InChI=1S/C34H37NO10.C30H33NO7.2CH4/c36-30(37)17-18-31(38)44-24-23-42-20-7-2-8-21-43-32(39)19-22-45-34(41)29-12-6-5-11-28(29)33(40)35-27-15-13-26(14-16-27)25-9-3-1-4-10-25;32-18-22-36-19-7-2-8-20-37-28(33)17-21-38-30(35)27-12-6-5-11-26(27)29(34)31-25-15-13-24(14-16-25)23-9-3-1-4-10-23;;/h1,3-6,9-16H,2,7-8,17-24H2,(H,35,40)(H,36,37);1,3-6,9-16,32H,2,7-8,17-22H2,(H,31,34);2*1H4. The van der Waals surface area contributed by atoms with Gasteiger partial charge in [-0.15, -0.1) is 0 Å². The summed E-state index contributed by atoms with van der Waals surface area (Å²) in [4.78, 5) is 96.8. The van der Waals surface area contributed by atoms with Gasteiger partial charge >= 0.3 is 35.8 Å². The van der Waals surface area contributed by atoms with Gasteiger partial charge in [-0.25, -0.2) is 9.59 Å². The van der Waals surface area contributed by atoms with Crippen molar-refractivity contribution in [3.63, 3.8) is 0 Å². The predicted molar refractivity (Wildman–Crippen MR) is 322 cm³/mol. The molecule has 0 radical (unpaired) electrons. The van der Waals surface area contributed by atoms with Gasteiger partial charge in [0.2, 0.25) is 0 Å². The number of nitrogens with one attached hydrogen (secondary N) is 2. The van der Waals surface area contributed by atoms with E-state index < -0.39 is 47.6 Å². The summed E-state index contributed by atoms with van der Waals surface area (Å²) in [5, 5.41) is 22.8. The number of esters is 5. The summed E-state index contributed by atoms with van der Waals surface area (Å²) in [5.41, 5.74) is 5.86. The Morgan fingerprint density at radius 3 is 1.09 bits per heavy atom. The number of aliphatic hydroxyl groups excluding tert-OH is 1. The van der Waals surface area contributed by atoms with Crippen LogP contribution in [0.25, 0.3) is 22.3 Å². The Kier molecular flexibility index (Phi) is 33.9. The summed E-state index contributed by atoms with van der Waals surface area (Å²) < 4.78 is 36.2. The summed E-state index contributed by atoms with van der Waals surface area (Å²) in [6.45, 7) is 1.75. The van der Waals surface area contributed by atoms with Crippen molar-refractivity contribution >= 4 is 59.0 Å². The van der Waals surface area contributed by atoms with E-state index in [2.05, 4.69) is 10.6 Å². The van der Waals surface area contributed by atoms with E-state index in [-0.39, 0.29) is 109 Å². The molecule has 0 unspecified atom stereocenters. The highest BCUT2D eigenvalue weighted by molar-refractivity contribution is 6.12. The summed E-state index contributed by atoms with van der Waals surface area (Å²) in [6.07, 6.45) is 3.81. The number of aliphatic hydroxyl groups is 1. The third-order valence-corrected chi connectivity index (χ3v) is 12.0. The molecule has 6 aromatic rings. The van der Waals surface area contributed by atoms with Crippen molar-refractivity contribution in [2.24, 2.45) is 0 Å². The van der Waals surface area contributed by atoms with Gasteiger partial charge in [-0.1, -0.05) is 124 Å². The molecule has 6 aromatic carbocycles. The van der Waals surface area contributed by atoms with Crippen molar-refractivity contribution in [1.82, 2.24) is 0 Å². The molecule has 0 aromatic heterocycles. The van der Waals surface area contributed by atoms with Crippen molar-refractivity contribution < 1.29 is 81.7 Å². The van der Waals surface area contributed by atoms with E-state index in [0.717, 1.165) is 41.5 Å². The Bertz CT molecular complexity index is 2970. The van der Waals surface area contributed by atoms with Crippen LogP contribution >= 0.6 is 0 Å². The first-order valence-corrected chi connectivity index (χ1v) is 27.3. The Balaban J connectivity index is 0.000000441. The maximum absolute atomic E-state index is 13.0. The predicted octanol–water partition coefficient (Wildman–Crippen LogP) is 11.4. The van der Waals surface area contributed by atoms with Crippen molar-refractivity contribution in [3.05, 3.63) is 180 Å². The van der Waals surface area contributed by atoms with Crippen LogP contribution in [-0.4, -0.2) is 124 Å². The van der Waals surface area contributed by atoms with Crippen LogP contribution in [0, 0.1) is 0 Å². The third-order valence-electron chi connectivity index (χ3n) is 12.0. The highest BCUT2D eigenvalue weighted by atomic mass is 16.6. The number of unbranched alkanes of at least 4 members (excludes halogenated alkanes) is 4. The van der Waals surface area contributed by atoms with Gasteiger partial charge < -0.3 is 54.0 Å². The van der Waals surface area contributed by atoms with Gasteiger partial charge in [-0.2, -0.15) is 0 Å². The lowest BCUT2D eigenvalue weighted by Crippen LogP contribution is -2.18. The van der Waals surface area contributed by atoms with E-state index in [1.54, 1.807) is 54.6 Å². The molecule has 0 fully saturated rings. The topological polar surface area (TPSA) is 266 Å². The van der Waals surface area contributed by atoms with Crippen LogP contribution in [0.2, 0.25) is 0 Å². The molecule has 0 spiro atoms. The molecule has 19 heteroatoms.